The summed E-state index contributed by atoms with van der Waals surface area (Å²) in [5.74, 6) is 0.988. The number of hydrogen-bond acceptors (Lipinski definition) is 1. The molecule has 0 unspecified atom stereocenters. The number of Topliss-reactive ketones (excluding diaryl/α,β-unsaturated/α-hetero) is 1. The molecule has 1 heteroatoms. The summed E-state index contributed by atoms with van der Waals surface area (Å²) in [7, 11) is 0. The minimum atomic E-state index is 0.369. The van der Waals surface area contributed by atoms with Gasteiger partial charge in [0.15, 0.2) is 5.78 Å². The highest BCUT2D eigenvalue weighted by molar-refractivity contribution is 5.97. The molecule has 0 aromatic heterocycles. The van der Waals surface area contributed by atoms with Gasteiger partial charge in [0.2, 0.25) is 0 Å². The zero-order valence-electron chi connectivity index (χ0n) is 6.68. The fourth-order valence-electron chi connectivity index (χ4n) is 1.29. The summed E-state index contributed by atoms with van der Waals surface area (Å²) in [5.41, 5.74) is 1.06. The molecule has 0 heterocycles. The lowest BCUT2D eigenvalue weighted by atomic mass is 10.0. The van der Waals surface area contributed by atoms with Crippen molar-refractivity contribution in [1.29, 1.82) is 0 Å². The van der Waals surface area contributed by atoms with E-state index in [2.05, 4.69) is 19.9 Å². The van der Waals surface area contributed by atoms with Crippen molar-refractivity contribution >= 4 is 5.78 Å². The van der Waals surface area contributed by atoms with Gasteiger partial charge < -0.3 is 0 Å². The van der Waals surface area contributed by atoms with Gasteiger partial charge in [-0.05, 0) is 24.3 Å². The van der Waals surface area contributed by atoms with E-state index >= 15 is 0 Å². The van der Waals surface area contributed by atoms with E-state index in [1.807, 2.05) is 0 Å². The molecule has 0 fully saturated rings. The molecular weight excluding hydrogens is 124 g/mol. The lowest BCUT2D eigenvalue weighted by Crippen LogP contribution is -1.99. The zero-order valence-corrected chi connectivity index (χ0v) is 6.68. The Morgan fingerprint density at radius 1 is 1.60 bits per heavy atom. The molecule has 0 amide bonds. The summed E-state index contributed by atoms with van der Waals surface area (Å²) < 4.78 is 0. The van der Waals surface area contributed by atoms with Gasteiger partial charge in [-0.1, -0.05) is 19.9 Å². The third-order valence-electron chi connectivity index (χ3n) is 1.75. The topological polar surface area (TPSA) is 17.1 Å². The third-order valence-corrected chi connectivity index (χ3v) is 1.75. The van der Waals surface area contributed by atoms with Crippen molar-refractivity contribution in [2.75, 3.05) is 0 Å². The van der Waals surface area contributed by atoms with E-state index in [-0.39, 0.29) is 0 Å². The van der Waals surface area contributed by atoms with Gasteiger partial charge in [-0.25, -0.2) is 0 Å². The van der Waals surface area contributed by atoms with Crippen LogP contribution in [0.15, 0.2) is 11.6 Å². The molecule has 0 saturated heterocycles. The number of hydrogen-bond donors (Lipinski definition) is 0. The maximum Gasteiger partial charge on any atom is 0.158 e. The first-order valence-corrected chi connectivity index (χ1v) is 3.92. The Kier molecular flexibility index (Phi) is 2.25. The Morgan fingerprint density at radius 3 is 2.70 bits per heavy atom. The largest absolute Gasteiger partial charge is 0.295 e. The van der Waals surface area contributed by atoms with Gasteiger partial charge in [-0.15, -0.1) is 0 Å². The second-order valence-corrected chi connectivity index (χ2v) is 3.29. The summed E-state index contributed by atoms with van der Waals surface area (Å²) in [5, 5.41) is 0. The maximum atomic E-state index is 11.0. The van der Waals surface area contributed by atoms with Crippen LogP contribution in [0.3, 0.4) is 0 Å². The highest BCUT2D eigenvalue weighted by Gasteiger charge is 2.14. The fraction of sp³-hybridized carbons (Fsp3) is 0.667. The Labute approximate surface area is 62.1 Å². The molecule has 1 rings (SSSR count). The number of carbonyl (C=O) groups is 1. The third kappa shape index (κ3) is 1.69. The highest BCUT2D eigenvalue weighted by Crippen LogP contribution is 2.20. The van der Waals surface area contributed by atoms with Crippen molar-refractivity contribution in [3.05, 3.63) is 11.6 Å². The molecule has 1 aliphatic carbocycles. The second kappa shape index (κ2) is 3.00. The van der Waals surface area contributed by atoms with Crippen LogP contribution in [0.5, 0.6) is 0 Å². The van der Waals surface area contributed by atoms with Gasteiger partial charge in [-0.2, -0.15) is 0 Å². The molecule has 0 N–H and O–H groups in total. The second-order valence-electron chi connectivity index (χ2n) is 3.29. The first-order valence-electron chi connectivity index (χ1n) is 3.92. The number of ketones is 1. The molecule has 0 bridgehead atoms. The van der Waals surface area contributed by atoms with E-state index < -0.39 is 0 Å². The lowest BCUT2D eigenvalue weighted by molar-refractivity contribution is -0.115. The van der Waals surface area contributed by atoms with E-state index in [1.165, 1.54) is 0 Å². The molecule has 56 valence electrons. The summed E-state index contributed by atoms with van der Waals surface area (Å²) in [6.45, 7) is 4.29. The molecule has 0 spiro atoms. The van der Waals surface area contributed by atoms with Crippen molar-refractivity contribution in [2.45, 2.75) is 33.1 Å². The van der Waals surface area contributed by atoms with E-state index in [4.69, 9.17) is 0 Å². The van der Waals surface area contributed by atoms with Gasteiger partial charge in [0, 0.05) is 6.42 Å². The fourth-order valence-corrected chi connectivity index (χ4v) is 1.29. The Morgan fingerprint density at radius 2 is 2.30 bits per heavy atom. The minimum Gasteiger partial charge on any atom is -0.295 e. The van der Waals surface area contributed by atoms with Gasteiger partial charge >= 0.3 is 0 Å². The van der Waals surface area contributed by atoms with Gasteiger partial charge in [-0.3, -0.25) is 4.79 Å². The predicted molar refractivity (Wildman–Crippen MR) is 41.8 cm³/mol. The molecule has 0 aromatic rings. The Balaban J connectivity index is 2.48. The van der Waals surface area contributed by atoms with Crippen LogP contribution in [0, 0.1) is 5.92 Å². The standard InChI is InChI=1S/C9H14O/c1-7(2)6-8-4-3-5-9(8)10/h4,7H,3,5-6H2,1-2H3. The Bertz CT molecular complexity index is 166. The van der Waals surface area contributed by atoms with E-state index in [0.29, 0.717) is 11.7 Å². The highest BCUT2D eigenvalue weighted by atomic mass is 16.1. The summed E-state index contributed by atoms with van der Waals surface area (Å²) in [6, 6.07) is 0. The summed E-state index contributed by atoms with van der Waals surface area (Å²) in [6.07, 6.45) is 4.78. The monoisotopic (exact) mass is 138 g/mol. The summed E-state index contributed by atoms with van der Waals surface area (Å²) >= 11 is 0. The van der Waals surface area contributed by atoms with E-state index in [1.54, 1.807) is 0 Å². The van der Waals surface area contributed by atoms with Crippen molar-refractivity contribution in [1.82, 2.24) is 0 Å². The normalized spacial score (nSPS) is 18.3. The SMILES string of the molecule is CC(C)CC1=CCCC1=O. The van der Waals surface area contributed by atoms with Crippen molar-refractivity contribution in [2.24, 2.45) is 5.92 Å². The van der Waals surface area contributed by atoms with Crippen LogP contribution >= 0.6 is 0 Å². The molecule has 10 heavy (non-hydrogen) atoms. The van der Waals surface area contributed by atoms with E-state index in [9.17, 15) is 4.79 Å². The Hall–Kier alpha value is -0.590. The van der Waals surface area contributed by atoms with Crippen LogP contribution in [0.2, 0.25) is 0 Å². The molecule has 0 aromatic carbocycles. The van der Waals surface area contributed by atoms with Crippen LogP contribution in [0.25, 0.3) is 0 Å². The smallest absolute Gasteiger partial charge is 0.158 e. The quantitative estimate of drug-likeness (QED) is 0.572. The van der Waals surface area contributed by atoms with Crippen LogP contribution in [-0.4, -0.2) is 5.78 Å². The van der Waals surface area contributed by atoms with Crippen LogP contribution in [-0.2, 0) is 4.79 Å². The number of carbonyl (C=O) groups excluding carboxylic acids is 1. The van der Waals surface area contributed by atoms with Crippen molar-refractivity contribution in [3.8, 4) is 0 Å². The predicted octanol–water partition coefficient (Wildman–Crippen LogP) is 2.32. The lowest BCUT2D eigenvalue weighted by Gasteiger charge is -2.02. The van der Waals surface area contributed by atoms with Crippen LogP contribution in [0.4, 0.5) is 0 Å². The van der Waals surface area contributed by atoms with Gasteiger partial charge in [0.25, 0.3) is 0 Å². The van der Waals surface area contributed by atoms with Gasteiger partial charge in [0.1, 0.15) is 0 Å². The average molecular weight is 138 g/mol. The molecule has 1 nitrogen and oxygen atoms in total. The van der Waals surface area contributed by atoms with Gasteiger partial charge in [0.05, 0.1) is 0 Å². The molecule has 1 aliphatic rings. The number of allylic oxidation sites excluding steroid dienone is 2. The molecule has 0 radical (unpaired) electrons. The van der Waals surface area contributed by atoms with Crippen LogP contribution in [0.1, 0.15) is 33.1 Å². The zero-order chi connectivity index (χ0) is 7.56. The molecule has 0 atom stereocenters. The first-order chi connectivity index (χ1) is 4.70. The minimum absolute atomic E-state index is 0.369. The molecule has 0 aliphatic heterocycles. The molecule has 0 saturated carbocycles. The maximum absolute atomic E-state index is 11.0. The van der Waals surface area contributed by atoms with Crippen molar-refractivity contribution < 1.29 is 4.79 Å². The number of rotatable bonds is 2. The van der Waals surface area contributed by atoms with E-state index in [0.717, 1.165) is 24.8 Å². The summed E-state index contributed by atoms with van der Waals surface area (Å²) in [4.78, 5) is 11.0. The average Bonchev–Trinajstić information content (AvgIpc) is 2.15. The molecular formula is C9H14O. The first kappa shape index (κ1) is 7.52. The van der Waals surface area contributed by atoms with Crippen molar-refractivity contribution in [3.63, 3.8) is 0 Å². The van der Waals surface area contributed by atoms with Crippen LogP contribution < -0.4 is 0 Å².